The van der Waals surface area contributed by atoms with Crippen molar-refractivity contribution in [1.82, 2.24) is 0 Å². The van der Waals surface area contributed by atoms with Gasteiger partial charge in [-0.1, -0.05) is 18.2 Å². The van der Waals surface area contributed by atoms with E-state index in [9.17, 15) is 24.3 Å². The van der Waals surface area contributed by atoms with Crippen molar-refractivity contribution >= 4 is 24.2 Å². The number of hydrogen-bond acceptors (Lipinski definition) is 8. The fourth-order valence-corrected chi connectivity index (χ4v) is 4.85. The van der Waals surface area contributed by atoms with Crippen LogP contribution in [0.15, 0.2) is 42.5 Å². The molecule has 4 rings (SSSR count). The van der Waals surface area contributed by atoms with Gasteiger partial charge in [-0.3, -0.25) is 14.4 Å². The van der Waals surface area contributed by atoms with Gasteiger partial charge in [0.25, 0.3) is 0 Å². The number of aldehydes is 1. The van der Waals surface area contributed by atoms with Gasteiger partial charge in [0.15, 0.2) is 0 Å². The third-order valence-electron chi connectivity index (χ3n) is 7.25. The van der Waals surface area contributed by atoms with Gasteiger partial charge in [0, 0.05) is 11.1 Å². The minimum Gasteiger partial charge on any atom is -0.462 e. The van der Waals surface area contributed by atoms with Gasteiger partial charge in [0.1, 0.15) is 23.9 Å². The molecular formula is C29H32O8. The molecular weight excluding hydrogens is 476 g/mol. The number of rotatable bonds is 7. The van der Waals surface area contributed by atoms with Crippen molar-refractivity contribution in [3.8, 4) is 11.5 Å². The molecule has 2 aliphatic rings. The number of aliphatic hydroxyl groups excluding tert-OH is 1. The SMILES string of the molecule is Cc1c(OC(=O)c2ccc(C=O)cc2)cccc1OC(=O)C1CCC(C(=O)OC2CCC(O)CC2)CC1. The van der Waals surface area contributed by atoms with Gasteiger partial charge < -0.3 is 19.3 Å². The summed E-state index contributed by atoms with van der Waals surface area (Å²) in [6.07, 6.45) is 5.16. The Balaban J connectivity index is 1.29. The Morgan fingerprint density at radius 1 is 0.784 bits per heavy atom. The van der Waals surface area contributed by atoms with Crippen LogP contribution in [0.5, 0.6) is 11.5 Å². The molecule has 0 spiro atoms. The van der Waals surface area contributed by atoms with E-state index in [1.54, 1.807) is 25.1 Å². The summed E-state index contributed by atoms with van der Waals surface area (Å²) < 4.78 is 16.8. The number of hydrogen-bond donors (Lipinski definition) is 1. The molecule has 0 unspecified atom stereocenters. The maximum Gasteiger partial charge on any atom is 0.343 e. The van der Waals surface area contributed by atoms with Crippen molar-refractivity contribution in [2.45, 2.75) is 70.5 Å². The first-order valence-corrected chi connectivity index (χ1v) is 12.8. The van der Waals surface area contributed by atoms with Gasteiger partial charge in [-0.2, -0.15) is 0 Å². The molecule has 8 heteroatoms. The third-order valence-corrected chi connectivity index (χ3v) is 7.25. The largest absolute Gasteiger partial charge is 0.462 e. The van der Waals surface area contributed by atoms with E-state index in [-0.39, 0.29) is 41.7 Å². The summed E-state index contributed by atoms with van der Waals surface area (Å²) >= 11 is 0. The maximum absolute atomic E-state index is 12.9. The van der Waals surface area contributed by atoms with Crippen molar-refractivity contribution < 1.29 is 38.5 Å². The van der Waals surface area contributed by atoms with E-state index in [1.165, 1.54) is 24.3 Å². The molecule has 0 bridgehead atoms. The predicted octanol–water partition coefficient (Wildman–Crippen LogP) is 4.59. The molecule has 0 aliphatic heterocycles. The molecule has 2 saturated carbocycles. The van der Waals surface area contributed by atoms with Crippen LogP contribution in [0, 0.1) is 18.8 Å². The average Bonchev–Trinajstić information content (AvgIpc) is 2.92. The molecule has 0 atom stereocenters. The van der Waals surface area contributed by atoms with Crippen molar-refractivity contribution in [3.63, 3.8) is 0 Å². The van der Waals surface area contributed by atoms with Crippen molar-refractivity contribution in [3.05, 3.63) is 59.2 Å². The van der Waals surface area contributed by atoms with Crippen molar-refractivity contribution in [1.29, 1.82) is 0 Å². The number of ether oxygens (including phenoxy) is 3. The zero-order valence-corrected chi connectivity index (χ0v) is 20.9. The average molecular weight is 509 g/mol. The van der Waals surface area contributed by atoms with Gasteiger partial charge in [-0.05, 0) is 82.6 Å². The highest BCUT2D eigenvalue weighted by Gasteiger charge is 2.33. The number of aliphatic hydroxyl groups is 1. The van der Waals surface area contributed by atoms with Gasteiger partial charge in [-0.25, -0.2) is 4.79 Å². The van der Waals surface area contributed by atoms with Gasteiger partial charge in [-0.15, -0.1) is 0 Å². The first kappa shape index (κ1) is 26.5. The van der Waals surface area contributed by atoms with E-state index in [0.717, 1.165) is 0 Å². The molecule has 37 heavy (non-hydrogen) atoms. The first-order chi connectivity index (χ1) is 17.8. The first-order valence-electron chi connectivity index (χ1n) is 12.8. The Labute approximate surface area is 215 Å². The van der Waals surface area contributed by atoms with E-state index < -0.39 is 5.97 Å². The Hall–Kier alpha value is -3.52. The molecule has 196 valence electrons. The van der Waals surface area contributed by atoms with Crippen molar-refractivity contribution in [2.75, 3.05) is 0 Å². The standard InChI is InChI=1S/C29H32O8/c1-18-25(36-28(33)20-7-5-19(17-30)6-8-20)3-2-4-26(18)37-29(34)22-11-9-21(10-12-22)27(32)35-24-15-13-23(31)14-16-24/h2-8,17,21-24,31H,9-16H2,1H3. The summed E-state index contributed by atoms with van der Waals surface area (Å²) in [5, 5.41) is 9.61. The monoisotopic (exact) mass is 508 g/mol. The molecule has 2 aromatic rings. The van der Waals surface area contributed by atoms with E-state index in [1.807, 2.05) is 0 Å². The predicted molar refractivity (Wildman–Crippen MR) is 133 cm³/mol. The number of esters is 3. The summed E-state index contributed by atoms with van der Waals surface area (Å²) in [4.78, 5) is 48.7. The van der Waals surface area contributed by atoms with Crippen molar-refractivity contribution in [2.24, 2.45) is 11.8 Å². The third kappa shape index (κ3) is 6.83. The van der Waals surface area contributed by atoms with E-state index >= 15 is 0 Å². The lowest BCUT2D eigenvalue weighted by atomic mass is 9.82. The molecule has 2 aliphatic carbocycles. The van der Waals surface area contributed by atoms with Crippen LogP contribution in [0.2, 0.25) is 0 Å². The van der Waals surface area contributed by atoms with Crippen LogP contribution in [0.3, 0.4) is 0 Å². The highest BCUT2D eigenvalue weighted by Crippen LogP contribution is 2.34. The number of carbonyl (C=O) groups is 4. The Morgan fingerprint density at radius 2 is 1.35 bits per heavy atom. The molecule has 1 N–H and O–H groups in total. The summed E-state index contributed by atoms with van der Waals surface area (Å²) in [6, 6.07) is 11.0. The van der Waals surface area contributed by atoms with Crippen LogP contribution in [0.25, 0.3) is 0 Å². The zero-order valence-electron chi connectivity index (χ0n) is 20.9. The molecule has 8 nitrogen and oxygen atoms in total. The minimum atomic E-state index is -0.585. The van der Waals surface area contributed by atoms with Crippen LogP contribution in [-0.2, 0) is 14.3 Å². The topological polar surface area (TPSA) is 116 Å². The molecule has 0 radical (unpaired) electrons. The normalized spacial score (nSPS) is 23.5. The van der Waals surface area contributed by atoms with E-state index in [2.05, 4.69) is 0 Å². The van der Waals surface area contributed by atoms with E-state index in [4.69, 9.17) is 14.2 Å². The molecule has 0 amide bonds. The molecule has 0 saturated heterocycles. The second-order valence-electron chi connectivity index (χ2n) is 9.85. The molecule has 0 heterocycles. The van der Waals surface area contributed by atoms with Crippen LogP contribution in [0.4, 0.5) is 0 Å². The number of carbonyl (C=O) groups excluding carboxylic acids is 4. The van der Waals surface area contributed by atoms with Gasteiger partial charge >= 0.3 is 17.9 Å². The lowest BCUT2D eigenvalue weighted by molar-refractivity contribution is -0.159. The molecule has 2 fully saturated rings. The second kappa shape index (κ2) is 12.1. The second-order valence-corrected chi connectivity index (χ2v) is 9.85. The quantitative estimate of drug-likeness (QED) is 0.328. The van der Waals surface area contributed by atoms with E-state index in [0.29, 0.717) is 80.1 Å². The minimum absolute atomic E-state index is 0.126. The highest BCUT2D eigenvalue weighted by molar-refractivity contribution is 5.92. The molecule has 0 aromatic heterocycles. The van der Waals surface area contributed by atoms with Gasteiger partial charge in [0.05, 0.1) is 23.5 Å². The van der Waals surface area contributed by atoms with Gasteiger partial charge in [0.2, 0.25) is 0 Å². The Kier molecular flexibility index (Phi) is 8.71. The fourth-order valence-electron chi connectivity index (χ4n) is 4.85. The van der Waals surface area contributed by atoms with Crippen LogP contribution in [-0.4, -0.2) is 41.5 Å². The Bertz CT molecular complexity index is 1120. The van der Waals surface area contributed by atoms with Crippen LogP contribution in [0.1, 0.15) is 77.6 Å². The lowest BCUT2D eigenvalue weighted by Crippen LogP contribution is -2.33. The highest BCUT2D eigenvalue weighted by atomic mass is 16.6. The summed E-state index contributed by atoms with van der Waals surface area (Å²) in [5.41, 5.74) is 1.27. The summed E-state index contributed by atoms with van der Waals surface area (Å²) in [7, 11) is 0. The Morgan fingerprint density at radius 3 is 1.95 bits per heavy atom. The lowest BCUT2D eigenvalue weighted by Gasteiger charge is -2.29. The summed E-state index contributed by atoms with van der Waals surface area (Å²) in [5.74, 6) is -1.12. The zero-order chi connectivity index (χ0) is 26.4. The van der Waals surface area contributed by atoms with Crippen LogP contribution < -0.4 is 9.47 Å². The number of benzene rings is 2. The summed E-state index contributed by atoms with van der Waals surface area (Å²) in [6.45, 7) is 1.71. The van der Waals surface area contributed by atoms with Crippen LogP contribution >= 0.6 is 0 Å². The maximum atomic E-state index is 12.9. The fraction of sp³-hybridized carbons (Fsp3) is 0.448. The smallest absolute Gasteiger partial charge is 0.343 e. The molecule has 2 aromatic carbocycles.